The van der Waals surface area contributed by atoms with E-state index in [0.717, 1.165) is 26.7 Å². The Hall–Kier alpha value is -3.97. The highest BCUT2D eigenvalue weighted by atomic mass is 79.9. The van der Waals surface area contributed by atoms with Gasteiger partial charge in [0.2, 0.25) is 21.8 Å². The quantitative estimate of drug-likeness (QED) is 0.196. The highest BCUT2D eigenvalue weighted by Crippen LogP contribution is 2.34. The predicted molar refractivity (Wildman–Crippen MR) is 168 cm³/mol. The van der Waals surface area contributed by atoms with Crippen molar-refractivity contribution in [2.24, 2.45) is 5.92 Å². The van der Waals surface area contributed by atoms with Gasteiger partial charge in [-0.1, -0.05) is 72.2 Å². The van der Waals surface area contributed by atoms with E-state index >= 15 is 0 Å². The van der Waals surface area contributed by atoms with Crippen molar-refractivity contribution in [2.45, 2.75) is 32.9 Å². The molecule has 0 heterocycles. The number of sulfonamides is 1. The minimum atomic E-state index is -4.15. The number of benzene rings is 3. The van der Waals surface area contributed by atoms with Gasteiger partial charge >= 0.3 is 0 Å². The Bertz CT molecular complexity index is 1530. The number of rotatable bonds is 14. The van der Waals surface area contributed by atoms with E-state index in [1.807, 2.05) is 44.2 Å². The van der Waals surface area contributed by atoms with Crippen molar-refractivity contribution in [3.63, 3.8) is 0 Å². The molecule has 0 radical (unpaired) electrons. The Balaban J connectivity index is 2.11. The monoisotopic (exact) mass is 674 g/mol. The third kappa shape index (κ3) is 9.52. The van der Waals surface area contributed by atoms with Crippen LogP contribution in [0.3, 0.4) is 0 Å². The van der Waals surface area contributed by atoms with Gasteiger partial charge in [0.25, 0.3) is 5.69 Å². The summed E-state index contributed by atoms with van der Waals surface area (Å²) in [5, 5.41) is 14.4. The molecule has 0 saturated carbocycles. The van der Waals surface area contributed by atoms with E-state index in [2.05, 4.69) is 21.2 Å². The Morgan fingerprint density at radius 3 is 2.23 bits per heavy atom. The molecule has 0 aliphatic heterocycles. The summed E-state index contributed by atoms with van der Waals surface area (Å²) in [6, 6.07) is 18.9. The normalized spacial score (nSPS) is 12.0. The molecule has 2 amide bonds. The van der Waals surface area contributed by atoms with Crippen molar-refractivity contribution in [3.05, 3.63) is 98.5 Å². The molecular formula is C30H35BrN4O7S. The predicted octanol–water partition coefficient (Wildman–Crippen LogP) is 4.54. The number of methoxy groups -OCH3 is 1. The highest BCUT2D eigenvalue weighted by Gasteiger charge is 2.34. The molecule has 3 aromatic rings. The highest BCUT2D eigenvalue weighted by molar-refractivity contribution is 9.10. The SMILES string of the molecule is COc1ccc([N+](=O)[O-])cc1N(CC(=O)N(Cc1ccc(Br)cc1)[C@H](Cc1ccccc1)C(=O)NCC(C)C)S(C)(=O)=O. The maximum Gasteiger partial charge on any atom is 0.271 e. The molecule has 43 heavy (non-hydrogen) atoms. The first-order valence-corrected chi connectivity index (χ1v) is 16.1. The molecule has 1 atom stereocenters. The van der Waals surface area contributed by atoms with E-state index in [9.17, 15) is 28.1 Å². The summed E-state index contributed by atoms with van der Waals surface area (Å²) in [5.41, 5.74) is 0.977. The number of nitrogens with zero attached hydrogens (tertiary/aromatic N) is 3. The number of carbonyl (C=O) groups excluding carboxylic acids is 2. The van der Waals surface area contributed by atoms with Crippen molar-refractivity contribution in [2.75, 3.05) is 30.8 Å². The molecule has 0 saturated heterocycles. The lowest BCUT2D eigenvalue weighted by Crippen LogP contribution is -2.53. The second-order valence-electron chi connectivity index (χ2n) is 10.4. The van der Waals surface area contributed by atoms with Crippen LogP contribution < -0.4 is 14.4 Å². The summed E-state index contributed by atoms with van der Waals surface area (Å²) >= 11 is 3.40. The van der Waals surface area contributed by atoms with Crippen molar-refractivity contribution >= 4 is 49.1 Å². The van der Waals surface area contributed by atoms with Crippen LogP contribution in [0.5, 0.6) is 5.75 Å². The van der Waals surface area contributed by atoms with Gasteiger partial charge in [-0.15, -0.1) is 0 Å². The molecule has 230 valence electrons. The minimum Gasteiger partial charge on any atom is -0.495 e. The van der Waals surface area contributed by atoms with Crippen LogP contribution >= 0.6 is 15.9 Å². The van der Waals surface area contributed by atoms with Crippen LogP contribution in [0.15, 0.2) is 77.3 Å². The van der Waals surface area contributed by atoms with E-state index in [-0.39, 0.29) is 41.9 Å². The maximum atomic E-state index is 14.2. The van der Waals surface area contributed by atoms with Gasteiger partial charge in [-0.25, -0.2) is 8.42 Å². The zero-order valence-electron chi connectivity index (χ0n) is 24.4. The molecule has 0 fully saturated rings. The van der Waals surface area contributed by atoms with Gasteiger partial charge in [-0.3, -0.25) is 24.0 Å². The number of halogens is 1. The molecule has 0 aliphatic carbocycles. The fourth-order valence-corrected chi connectivity index (χ4v) is 5.45. The number of hydrogen-bond acceptors (Lipinski definition) is 7. The smallest absolute Gasteiger partial charge is 0.271 e. The number of hydrogen-bond donors (Lipinski definition) is 1. The molecule has 0 aromatic heterocycles. The van der Waals surface area contributed by atoms with E-state index in [0.29, 0.717) is 12.1 Å². The first kappa shape index (κ1) is 33.5. The molecular weight excluding hydrogens is 640 g/mol. The molecule has 0 bridgehead atoms. The molecule has 0 unspecified atom stereocenters. The summed E-state index contributed by atoms with van der Waals surface area (Å²) in [4.78, 5) is 40.1. The number of ether oxygens (including phenoxy) is 1. The van der Waals surface area contributed by atoms with Crippen LogP contribution in [0.4, 0.5) is 11.4 Å². The lowest BCUT2D eigenvalue weighted by atomic mass is 10.0. The topological polar surface area (TPSA) is 139 Å². The largest absolute Gasteiger partial charge is 0.495 e. The van der Waals surface area contributed by atoms with E-state index in [1.165, 1.54) is 24.1 Å². The van der Waals surface area contributed by atoms with Gasteiger partial charge in [-0.05, 0) is 35.2 Å². The van der Waals surface area contributed by atoms with Crippen molar-refractivity contribution in [1.82, 2.24) is 10.2 Å². The maximum absolute atomic E-state index is 14.2. The number of anilines is 1. The van der Waals surface area contributed by atoms with Gasteiger partial charge in [0.1, 0.15) is 24.0 Å². The van der Waals surface area contributed by atoms with Crippen molar-refractivity contribution < 1.29 is 27.7 Å². The first-order valence-electron chi connectivity index (χ1n) is 13.5. The lowest BCUT2D eigenvalue weighted by Gasteiger charge is -2.34. The number of amides is 2. The summed E-state index contributed by atoms with van der Waals surface area (Å²) in [6.07, 6.45) is 1.07. The zero-order valence-corrected chi connectivity index (χ0v) is 26.8. The number of nitrogens with one attached hydrogen (secondary N) is 1. The van der Waals surface area contributed by atoms with Crippen molar-refractivity contribution in [3.8, 4) is 5.75 Å². The fourth-order valence-electron chi connectivity index (χ4n) is 4.34. The van der Waals surface area contributed by atoms with Gasteiger partial charge in [0.05, 0.1) is 18.3 Å². The van der Waals surface area contributed by atoms with Gasteiger partial charge < -0.3 is 15.0 Å². The third-order valence-corrected chi connectivity index (χ3v) is 8.20. The first-order chi connectivity index (χ1) is 20.3. The van der Waals surface area contributed by atoms with Crippen molar-refractivity contribution in [1.29, 1.82) is 0 Å². The van der Waals surface area contributed by atoms with E-state index in [1.54, 1.807) is 24.3 Å². The van der Waals surface area contributed by atoms with Crippen LogP contribution in [0, 0.1) is 16.0 Å². The Kier molecular flexibility index (Phi) is 11.7. The van der Waals surface area contributed by atoms with E-state index < -0.39 is 33.4 Å². The van der Waals surface area contributed by atoms with Crippen LogP contribution in [0.2, 0.25) is 0 Å². The molecule has 3 aromatic carbocycles. The van der Waals surface area contributed by atoms with Crippen LogP contribution in [-0.4, -0.2) is 62.6 Å². The molecule has 0 aliphatic rings. The summed E-state index contributed by atoms with van der Waals surface area (Å²) in [5.74, 6) is -0.887. The Morgan fingerprint density at radius 1 is 1.02 bits per heavy atom. The molecule has 1 N–H and O–H groups in total. The molecule has 0 spiro atoms. The number of carbonyl (C=O) groups is 2. The standard InChI is InChI=1S/C30H35BrN4O7S/c1-21(2)18-32-30(37)27(16-22-8-6-5-7-9-22)33(19-23-10-12-24(31)13-11-23)29(36)20-34(43(4,40)41)26-17-25(35(38)39)14-15-28(26)42-3/h5-15,17,21,27H,16,18-20H2,1-4H3,(H,32,37)/t27-/m1/s1. The Morgan fingerprint density at radius 2 is 1.67 bits per heavy atom. The lowest BCUT2D eigenvalue weighted by molar-refractivity contribution is -0.384. The molecule has 13 heteroatoms. The van der Waals surface area contributed by atoms with E-state index in [4.69, 9.17) is 4.74 Å². The average molecular weight is 676 g/mol. The average Bonchev–Trinajstić information content (AvgIpc) is 2.96. The fraction of sp³-hybridized carbons (Fsp3) is 0.333. The van der Waals surface area contributed by atoms with Crippen LogP contribution in [0.25, 0.3) is 0 Å². The summed E-state index contributed by atoms with van der Waals surface area (Å²) < 4.78 is 33.0. The van der Waals surface area contributed by atoms with Crippen LogP contribution in [0.1, 0.15) is 25.0 Å². The van der Waals surface area contributed by atoms with Gasteiger partial charge in [-0.2, -0.15) is 0 Å². The number of nitro benzene ring substituents is 1. The van der Waals surface area contributed by atoms with Gasteiger partial charge in [0, 0.05) is 36.1 Å². The second-order valence-corrected chi connectivity index (χ2v) is 13.2. The minimum absolute atomic E-state index is 0.00237. The number of non-ortho nitro benzene ring substituents is 1. The molecule has 11 nitrogen and oxygen atoms in total. The zero-order chi connectivity index (χ0) is 31.7. The van der Waals surface area contributed by atoms with Gasteiger partial charge in [0.15, 0.2) is 0 Å². The second kappa shape index (κ2) is 15.0. The summed E-state index contributed by atoms with van der Waals surface area (Å²) in [7, 11) is -2.86. The number of nitro groups is 1. The summed E-state index contributed by atoms with van der Waals surface area (Å²) in [6.45, 7) is 3.56. The Labute approximate surface area is 260 Å². The molecule has 3 rings (SSSR count). The van der Waals surface area contributed by atoms with Crippen LogP contribution in [-0.2, 0) is 32.6 Å². The third-order valence-electron chi connectivity index (χ3n) is 6.54.